The fourth-order valence-electron chi connectivity index (χ4n) is 1.87. The first kappa shape index (κ1) is 9.34. The second-order valence-corrected chi connectivity index (χ2v) is 3.73. The number of carbonyl (C=O) groups excluding carboxylic acids is 1. The van der Waals surface area contributed by atoms with Crippen molar-refractivity contribution >= 4 is 5.78 Å². The van der Waals surface area contributed by atoms with Crippen LogP contribution >= 0.6 is 0 Å². The van der Waals surface area contributed by atoms with Crippen molar-refractivity contribution in [3.63, 3.8) is 0 Å². The van der Waals surface area contributed by atoms with Crippen LogP contribution in [0.1, 0.15) is 28.9 Å². The van der Waals surface area contributed by atoms with Crippen LogP contribution in [0.25, 0.3) is 0 Å². The van der Waals surface area contributed by atoms with Crippen LogP contribution in [0.5, 0.6) is 0 Å². The Bertz CT molecular complexity index is 349. The first-order valence-corrected chi connectivity index (χ1v) is 4.89. The summed E-state index contributed by atoms with van der Waals surface area (Å²) in [6.07, 6.45) is 3.80. The predicted octanol–water partition coefficient (Wildman–Crippen LogP) is 1.21. The largest absolute Gasteiger partial charge is 0.396 e. The van der Waals surface area contributed by atoms with Gasteiger partial charge in [0.15, 0.2) is 5.78 Å². The van der Waals surface area contributed by atoms with Gasteiger partial charge in [0.2, 0.25) is 0 Å². The van der Waals surface area contributed by atoms with Gasteiger partial charge in [-0.15, -0.1) is 0 Å². The van der Waals surface area contributed by atoms with Gasteiger partial charge in [-0.2, -0.15) is 0 Å². The van der Waals surface area contributed by atoms with Gasteiger partial charge in [0.25, 0.3) is 0 Å². The number of ketones is 1. The number of aliphatic hydroxyl groups is 1. The lowest BCUT2D eigenvalue weighted by atomic mass is 10.0. The molecular weight excluding hydrogens is 178 g/mol. The van der Waals surface area contributed by atoms with Crippen LogP contribution in [0, 0.1) is 5.92 Å². The average Bonchev–Trinajstić information content (AvgIpc) is 2.39. The zero-order chi connectivity index (χ0) is 9.97. The SMILES string of the molecule is O=C1C[C@H](CO)CCc2cccnc21. The Balaban J connectivity index is 2.31. The van der Waals surface area contributed by atoms with Crippen LogP contribution in [0.15, 0.2) is 18.3 Å². The molecule has 1 N–H and O–H groups in total. The van der Waals surface area contributed by atoms with E-state index in [1.54, 1.807) is 6.20 Å². The molecular formula is C11H13NO2. The first-order chi connectivity index (χ1) is 6.81. The van der Waals surface area contributed by atoms with Gasteiger partial charge in [-0.1, -0.05) is 6.07 Å². The number of hydrogen-bond acceptors (Lipinski definition) is 3. The minimum Gasteiger partial charge on any atom is -0.396 e. The van der Waals surface area contributed by atoms with Gasteiger partial charge in [0.1, 0.15) is 5.69 Å². The topological polar surface area (TPSA) is 50.2 Å². The molecule has 0 bridgehead atoms. The average molecular weight is 191 g/mol. The van der Waals surface area contributed by atoms with Crippen molar-refractivity contribution in [2.24, 2.45) is 5.92 Å². The highest BCUT2D eigenvalue weighted by Gasteiger charge is 2.22. The summed E-state index contributed by atoms with van der Waals surface area (Å²) in [5.74, 6) is 0.175. The summed E-state index contributed by atoms with van der Waals surface area (Å²) in [5.41, 5.74) is 1.62. The molecule has 3 nitrogen and oxygen atoms in total. The van der Waals surface area contributed by atoms with Gasteiger partial charge in [-0.25, -0.2) is 0 Å². The predicted molar refractivity (Wildman–Crippen MR) is 52.1 cm³/mol. The number of rotatable bonds is 1. The number of nitrogens with zero attached hydrogens (tertiary/aromatic N) is 1. The number of aliphatic hydroxyl groups excluding tert-OH is 1. The van der Waals surface area contributed by atoms with E-state index >= 15 is 0 Å². The van der Waals surface area contributed by atoms with Crippen LogP contribution in [0.2, 0.25) is 0 Å². The monoisotopic (exact) mass is 191 g/mol. The van der Waals surface area contributed by atoms with Crippen molar-refractivity contribution in [2.45, 2.75) is 19.3 Å². The minimum absolute atomic E-state index is 0.0668. The smallest absolute Gasteiger partial charge is 0.181 e. The van der Waals surface area contributed by atoms with E-state index in [0.29, 0.717) is 12.1 Å². The van der Waals surface area contributed by atoms with E-state index in [0.717, 1.165) is 18.4 Å². The Morgan fingerprint density at radius 1 is 1.57 bits per heavy atom. The Kier molecular flexibility index (Phi) is 2.59. The molecule has 0 spiro atoms. The lowest BCUT2D eigenvalue weighted by Gasteiger charge is -2.07. The number of aromatic nitrogens is 1. The number of pyridine rings is 1. The third-order valence-electron chi connectivity index (χ3n) is 2.71. The van der Waals surface area contributed by atoms with Gasteiger partial charge in [0, 0.05) is 19.2 Å². The van der Waals surface area contributed by atoms with Crippen LogP contribution < -0.4 is 0 Å². The molecule has 1 aromatic rings. The molecule has 0 aliphatic heterocycles. The summed E-state index contributed by atoms with van der Waals surface area (Å²) in [6.45, 7) is 0.0970. The maximum atomic E-state index is 11.7. The molecule has 1 heterocycles. The zero-order valence-electron chi connectivity index (χ0n) is 7.94. The second-order valence-electron chi connectivity index (χ2n) is 3.73. The summed E-state index contributed by atoms with van der Waals surface area (Å²) < 4.78 is 0. The molecule has 1 aromatic heterocycles. The Morgan fingerprint density at radius 2 is 2.43 bits per heavy atom. The van der Waals surface area contributed by atoms with Gasteiger partial charge >= 0.3 is 0 Å². The van der Waals surface area contributed by atoms with E-state index < -0.39 is 0 Å². The van der Waals surface area contributed by atoms with Crippen molar-refractivity contribution in [2.75, 3.05) is 6.61 Å². The first-order valence-electron chi connectivity index (χ1n) is 4.89. The Hall–Kier alpha value is -1.22. The zero-order valence-corrected chi connectivity index (χ0v) is 7.94. The van der Waals surface area contributed by atoms with Crippen molar-refractivity contribution in [1.29, 1.82) is 0 Å². The molecule has 74 valence electrons. The summed E-state index contributed by atoms with van der Waals surface area (Å²) in [5, 5.41) is 9.04. The maximum absolute atomic E-state index is 11.7. The highest BCUT2D eigenvalue weighted by molar-refractivity contribution is 5.96. The van der Waals surface area contributed by atoms with Crippen LogP contribution in [0.4, 0.5) is 0 Å². The molecule has 0 fully saturated rings. The summed E-state index contributed by atoms with van der Waals surface area (Å²) in [7, 11) is 0. The van der Waals surface area contributed by atoms with Gasteiger partial charge in [-0.3, -0.25) is 9.78 Å². The quantitative estimate of drug-likeness (QED) is 0.679. The van der Waals surface area contributed by atoms with Gasteiger partial charge in [-0.05, 0) is 30.4 Å². The minimum atomic E-state index is 0.0668. The number of Topliss-reactive ketones (excluding diaryl/α,β-unsaturated/α-hetero) is 1. The van der Waals surface area contributed by atoms with Gasteiger partial charge in [0.05, 0.1) is 0 Å². The van der Waals surface area contributed by atoms with Crippen LogP contribution in [-0.4, -0.2) is 22.5 Å². The van der Waals surface area contributed by atoms with E-state index in [9.17, 15) is 4.79 Å². The molecule has 0 radical (unpaired) electrons. The number of carbonyl (C=O) groups is 1. The number of hydrogen-bond donors (Lipinski definition) is 1. The molecule has 0 saturated heterocycles. The van der Waals surface area contributed by atoms with Crippen LogP contribution in [0.3, 0.4) is 0 Å². The molecule has 0 aromatic carbocycles. The van der Waals surface area contributed by atoms with Crippen molar-refractivity contribution in [1.82, 2.24) is 4.98 Å². The number of fused-ring (bicyclic) bond motifs is 1. The molecule has 14 heavy (non-hydrogen) atoms. The highest BCUT2D eigenvalue weighted by atomic mass is 16.3. The standard InChI is InChI=1S/C11H13NO2/c13-7-8-3-4-9-2-1-5-12-11(9)10(14)6-8/h1-2,5,8,13H,3-4,6-7H2/t8-/m1/s1. The van der Waals surface area contributed by atoms with E-state index in [2.05, 4.69) is 4.98 Å². The van der Waals surface area contributed by atoms with Crippen molar-refractivity contribution in [3.8, 4) is 0 Å². The van der Waals surface area contributed by atoms with Gasteiger partial charge < -0.3 is 5.11 Å². The Morgan fingerprint density at radius 3 is 3.21 bits per heavy atom. The Labute approximate surface area is 82.8 Å². The number of aryl methyl sites for hydroxylation is 1. The molecule has 0 amide bonds. The fourth-order valence-corrected chi connectivity index (χ4v) is 1.87. The summed E-state index contributed by atoms with van der Waals surface area (Å²) in [6, 6.07) is 3.80. The molecule has 0 unspecified atom stereocenters. The third-order valence-corrected chi connectivity index (χ3v) is 2.71. The van der Waals surface area contributed by atoms with Crippen LogP contribution in [-0.2, 0) is 6.42 Å². The lowest BCUT2D eigenvalue weighted by Crippen LogP contribution is -2.10. The molecule has 1 atom stereocenters. The summed E-state index contributed by atoms with van der Waals surface area (Å²) in [4.78, 5) is 15.8. The summed E-state index contributed by atoms with van der Waals surface area (Å²) >= 11 is 0. The molecule has 0 saturated carbocycles. The fraction of sp³-hybridized carbons (Fsp3) is 0.455. The van der Waals surface area contributed by atoms with E-state index in [1.807, 2.05) is 12.1 Å². The van der Waals surface area contributed by atoms with E-state index in [4.69, 9.17) is 5.11 Å². The molecule has 1 aliphatic rings. The van der Waals surface area contributed by atoms with E-state index in [-0.39, 0.29) is 18.3 Å². The van der Waals surface area contributed by atoms with Crippen molar-refractivity contribution < 1.29 is 9.90 Å². The molecule has 1 aliphatic carbocycles. The highest BCUT2D eigenvalue weighted by Crippen LogP contribution is 2.22. The molecule has 2 rings (SSSR count). The second kappa shape index (κ2) is 3.88. The maximum Gasteiger partial charge on any atom is 0.181 e. The normalized spacial score (nSPS) is 21.5. The van der Waals surface area contributed by atoms with E-state index in [1.165, 1.54) is 0 Å². The lowest BCUT2D eigenvalue weighted by molar-refractivity contribution is 0.0934. The van der Waals surface area contributed by atoms with Crippen molar-refractivity contribution in [3.05, 3.63) is 29.6 Å². The molecule has 3 heteroatoms. The third kappa shape index (κ3) is 1.68.